The SMILES string of the molecule is CCCCCCCCCCC(Cl)(Cl)CCCCCCCCC. The number of hydrogen-bond donors (Lipinski definition) is 0. The van der Waals surface area contributed by atoms with E-state index in [1.807, 2.05) is 0 Å². The maximum absolute atomic E-state index is 6.45. The van der Waals surface area contributed by atoms with Crippen molar-refractivity contribution < 1.29 is 0 Å². The van der Waals surface area contributed by atoms with Gasteiger partial charge in [0.05, 0.1) is 0 Å². The number of halogens is 2. The zero-order chi connectivity index (χ0) is 16.5. The molecular formula is C20H40Cl2. The average molecular weight is 351 g/mol. The Morgan fingerprint density at radius 3 is 1.05 bits per heavy atom. The van der Waals surface area contributed by atoms with Crippen molar-refractivity contribution in [3.05, 3.63) is 0 Å². The Hall–Kier alpha value is 0.580. The molecule has 0 aromatic heterocycles. The number of alkyl halides is 2. The molecule has 0 fully saturated rings. The molecule has 0 unspecified atom stereocenters. The van der Waals surface area contributed by atoms with Crippen molar-refractivity contribution in [2.24, 2.45) is 0 Å². The molecule has 0 saturated heterocycles. The van der Waals surface area contributed by atoms with E-state index in [0.29, 0.717) is 0 Å². The van der Waals surface area contributed by atoms with Gasteiger partial charge in [-0.05, 0) is 12.8 Å². The molecule has 0 spiro atoms. The van der Waals surface area contributed by atoms with Crippen molar-refractivity contribution in [1.29, 1.82) is 0 Å². The third-order valence-electron chi connectivity index (χ3n) is 4.54. The molecule has 0 aliphatic heterocycles. The first-order chi connectivity index (χ1) is 10.6. The Labute approximate surface area is 150 Å². The highest BCUT2D eigenvalue weighted by Crippen LogP contribution is 2.33. The van der Waals surface area contributed by atoms with Gasteiger partial charge < -0.3 is 0 Å². The quantitative estimate of drug-likeness (QED) is 0.181. The summed E-state index contributed by atoms with van der Waals surface area (Å²) in [5, 5.41) is 0. The van der Waals surface area contributed by atoms with Crippen LogP contribution in [-0.4, -0.2) is 4.33 Å². The van der Waals surface area contributed by atoms with Crippen molar-refractivity contribution in [2.45, 2.75) is 127 Å². The first-order valence-electron chi connectivity index (χ1n) is 10.00. The van der Waals surface area contributed by atoms with Crippen LogP contribution in [-0.2, 0) is 0 Å². The lowest BCUT2D eigenvalue weighted by Gasteiger charge is -2.19. The van der Waals surface area contributed by atoms with Crippen LogP contribution in [0.15, 0.2) is 0 Å². The van der Waals surface area contributed by atoms with Crippen LogP contribution in [0.4, 0.5) is 0 Å². The molecular weight excluding hydrogens is 311 g/mol. The van der Waals surface area contributed by atoms with Gasteiger partial charge in [-0.2, -0.15) is 0 Å². The lowest BCUT2D eigenvalue weighted by atomic mass is 10.0. The lowest BCUT2D eigenvalue weighted by molar-refractivity contribution is 0.510. The standard InChI is InChI=1S/C20H40Cl2/c1-3-5-7-9-11-13-15-17-19-20(21,22)18-16-14-12-10-8-6-4-2/h3-19H2,1-2H3. The van der Waals surface area contributed by atoms with Crippen LogP contribution in [0.5, 0.6) is 0 Å². The summed E-state index contributed by atoms with van der Waals surface area (Å²) in [5.74, 6) is 0. The minimum atomic E-state index is -0.467. The molecule has 0 amide bonds. The molecule has 0 aliphatic carbocycles. The molecule has 22 heavy (non-hydrogen) atoms. The Morgan fingerprint density at radius 1 is 0.455 bits per heavy atom. The first-order valence-corrected chi connectivity index (χ1v) is 10.8. The zero-order valence-corrected chi connectivity index (χ0v) is 16.8. The fourth-order valence-corrected chi connectivity index (χ4v) is 3.52. The van der Waals surface area contributed by atoms with Crippen LogP contribution in [0, 0.1) is 0 Å². The summed E-state index contributed by atoms with van der Waals surface area (Å²) in [6, 6.07) is 0. The zero-order valence-electron chi connectivity index (χ0n) is 15.3. The van der Waals surface area contributed by atoms with Crippen LogP contribution in [0.2, 0.25) is 0 Å². The normalized spacial score (nSPS) is 12.0. The molecule has 0 atom stereocenters. The summed E-state index contributed by atoms with van der Waals surface area (Å²) in [4.78, 5) is 0. The van der Waals surface area contributed by atoms with E-state index >= 15 is 0 Å². The van der Waals surface area contributed by atoms with Gasteiger partial charge in [-0.15, -0.1) is 23.2 Å². The van der Waals surface area contributed by atoms with Gasteiger partial charge in [0.2, 0.25) is 0 Å². The van der Waals surface area contributed by atoms with Crippen LogP contribution in [0.1, 0.15) is 123 Å². The second kappa shape index (κ2) is 16.4. The van der Waals surface area contributed by atoms with Crippen LogP contribution < -0.4 is 0 Å². The average Bonchev–Trinajstić information content (AvgIpc) is 2.49. The molecule has 0 aliphatic rings. The monoisotopic (exact) mass is 350 g/mol. The van der Waals surface area contributed by atoms with E-state index in [9.17, 15) is 0 Å². The van der Waals surface area contributed by atoms with E-state index in [4.69, 9.17) is 23.2 Å². The largest absolute Gasteiger partial charge is 0.118 e. The van der Waals surface area contributed by atoms with Crippen molar-refractivity contribution >= 4 is 23.2 Å². The second-order valence-electron chi connectivity index (χ2n) is 6.95. The molecule has 0 radical (unpaired) electrons. The van der Waals surface area contributed by atoms with Crippen LogP contribution in [0.25, 0.3) is 0 Å². The maximum Gasteiger partial charge on any atom is 0.118 e. The van der Waals surface area contributed by atoms with Crippen molar-refractivity contribution in [2.75, 3.05) is 0 Å². The Kier molecular flexibility index (Phi) is 16.9. The third kappa shape index (κ3) is 16.9. The van der Waals surface area contributed by atoms with E-state index in [1.54, 1.807) is 0 Å². The van der Waals surface area contributed by atoms with Gasteiger partial charge in [0, 0.05) is 0 Å². The molecule has 0 heterocycles. The molecule has 0 aromatic rings. The predicted molar refractivity (Wildman–Crippen MR) is 104 cm³/mol. The molecule has 0 N–H and O–H groups in total. The van der Waals surface area contributed by atoms with Crippen LogP contribution in [0.3, 0.4) is 0 Å². The van der Waals surface area contributed by atoms with Gasteiger partial charge in [0.25, 0.3) is 0 Å². The summed E-state index contributed by atoms with van der Waals surface area (Å²) < 4.78 is -0.467. The minimum absolute atomic E-state index is 0.467. The fourth-order valence-electron chi connectivity index (χ4n) is 2.98. The van der Waals surface area contributed by atoms with E-state index in [1.165, 1.54) is 96.3 Å². The van der Waals surface area contributed by atoms with Crippen molar-refractivity contribution in [1.82, 2.24) is 0 Å². The predicted octanol–water partition coefficient (Wildman–Crippen LogP) is 8.83. The number of hydrogen-bond acceptors (Lipinski definition) is 0. The van der Waals surface area contributed by atoms with E-state index in [0.717, 1.165) is 12.8 Å². The Bertz CT molecular complexity index is 214. The summed E-state index contributed by atoms with van der Waals surface area (Å²) in [6.45, 7) is 4.53. The van der Waals surface area contributed by atoms with Crippen LogP contribution >= 0.6 is 23.2 Å². The highest BCUT2D eigenvalue weighted by molar-refractivity contribution is 6.48. The maximum atomic E-state index is 6.45. The summed E-state index contributed by atoms with van der Waals surface area (Å²) in [7, 11) is 0. The van der Waals surface area contributed by atoms with Crippen molar-refractivity contribution in [3.63, 3.8) is 0 Å². The van der Waals surface area contributed by atoms with E-state index < -0.39 is 4.33 Å². The summed E-state index contributed by atoms with van der Waals surface area (Å²) in [6.07, 6.45) is 22.0. The smallest absolute Gasteiger partial charge is 0.102 e. The van der Waals surface area contributed by atoms with Gasteiger partial charge in [-0.25, -0.2) is 0 Å². The lowest BCUT2D eigenvalue weighted by Crippen LogP contribution is -2.12. The van der Waals surface area contributed by atoms with Gasteiger partial charge in [0.15, 0.2) is 0 Å². The van der Waals surface area contributed by atoms with Crippen molar-refractivity contribution in [3.8, 4) is 0 Å². The highest BCUT2D eigenvalue weighted by atomic mass is 35.5. The fraction of sp³-hybridized carbons (Fsp3) is 1.00. The molecule has 0 saturated carbocycles. The summed E-state index contributed by atoms with van der Waals surface area (Å²) >= 11 is 12.9. The molecule has 0 nitrogen and oxygen atoms in total. The summed E-state index contributed by atoms with van der Waals surface area (Å²) in [5.41, 5.74) is 0. The molecule has 134 valence electrons. The first kappa shape index (κ1) is 22.6. The Balaban J connectivity index is 3.34. The van der Waals surface area contributed by atoms with E-state index in [-0.39, 0.29) is 0 Å². The van der Waals surface area contributed by atoms with Gasteiger partial charge in [0.1, 0.15) is 4.33 Å². The molecule has 2 heteroatoms. The molecule has 0 bridgehead atoms. The highest BCUT2D eigenvalue weighted by Gasteiger charge is 2.22. The molecule has 0 rings (SSSR count). The van der Waals surface area contributed by atoms with E-state index in [2.05, 4.69) is 13.8 Å². The topological polar surface area (TPSA) is 0 Å². The second-order valence-corrected chi connectivity index (χ2v) is 8.59. The number of unbranched alkanes of at least 4 members (excludes halogenated alkanes) is 13. The molecule has 0 aromatic carbocycles. The number of rotatable bonds is 17. The Morgan fingerprint density at radius 2 is 0.727 bits per heavy atom. The van der Waals surface area contributed by atoms with Gasteiger partial charge in [-0.3, -0.25) is 0 Å². The van der Waals surface area contributed by atoms with Gasteiger partial charge in [-0.1, -0.05) is 110 Å². The minimum Gasteiger partial charge on any atom is -0.102 e. The third-order valence-corrected chi connectivity index (χ3v) is 5.30. The van der Waals surface area contributed by atoms with Gasteiger partial charge >= 0.3 is 0 Å².